The topological polar surface area (TPSA) is 52.1 Å². The van der Waals surface area contributed by atoms with Crippen LogP contribution in [0.1, 0.15) is 99.3 Å². The number of hydrogen-bond donors (Lipinski definition) is 0. The van der Waals surface area contributed by atoms with Crippen molar-refractivity contribution in [1.29, 1.82) is 0 Å². The zero-order valence-corrected chi connectivity index (χ0v) is 18.6. The standard InChI is InChI=1S/C26H36N2O2/c1-3-5-6-16-30-24-18-27-26(28-19-24)17-25(29)23-14-12-22(13-15-23)21-10-8-20(7-4-2)9-11-21/h12-15,18-21H,3-11,16-17H2,1-2H3. The van der Waals surface area contributed by atoms with Gasteiger partial charge in [0.05, 0.1) is 25.4 Å². The fourth-order valence-corrected chi connectivity index (χ4v) is 4.43. The van der Waals surface area contributed by atoms with Crippen LogP contribution in [0.15, 0.2) is 36.7 Å². The summed E-state index contributed by atoms with van der Waals surface area (Å²) in [6.45, 7) is 5.13. The van der Waals surface area contributed by atoms with Gasteiger partial charge in [0.15, 0.2) is 11.5 Å². The van der Waals surface area contributed by atoms with Gasteiger partial charge in [0, 0.05) is 5.56 Å². The van der Waals surface area contributed by atoms with Crippen LogP contribution in [-0.4, -0.2) is 22.4 Å². The highest BCUT2D eigenvalue weighted by atomic mass is 16.5. The molecule has 0 bridgehead atoms. The highest BCUT2D eigenvalue weighted by Crippen LogP contribution is 2.37. The maximum Gasteiger partial charge on any atom is 0.170 e. The number of nitrogens with zero attached hydrogens (tertiary/aromatic N) is 2. The summed E-state index contributed by atoms with van der Waals surface area (Å²) in [5.41, 5.74) is 2.12. The molecule has 4 nitrogen and oxygen atoms in total. The molecule has 1 saturated carbocycles. The summed E-state index contributed by atoms with van der Waals surface area (Å²) in [6.07, 6.45) is 14.8. The van der Waals surface area contributed by atoms with E-state index in [2.05, 4.69) is 35.9 Å². The molecule has 0 N–H and O–H groups in total. The van der Waals surface area contributed by atoms with E-state index in [0.717, 1.165) is 24.3 Å². The Morgan fingerprint density at radius 2 is 1.67 bits per heavy atom. The zero-order valence-electron chi connectivity index (χ0n) is 18.6. The number of unbranched alkanes of at least 4 members (excludes halogenated alkanes) is 2. The lowest BCUT2D eigenvalue weighted by molar-refractivity contribution is 0.0990. The minimum absolute atomic E-state index is 0.0600. The number of ketones is 1. The van der Waals surface area contributed by atoms with E-state index in [9.17, 15) is 4.79 Å². The Kier molecular flexibility index (Phi) is 8.85. The largest absolute Gasteiger partial charge is 0.490 e. The highest BCUT2D eigenvalue weighted by molar-refractivity contribution is 5.97. The molecule has 0 unspecified atom stereocenters. The van der Waals surface area contributed by atoms with E-state index in [0.29, 0.717) is 24.1 Å². The van der Waals surface area contributed by atoms with Crippen LogP contribution in [0.3, 0.4) is 0 Å². The van der Waals surface area contributed by atoms with Gasteiger partial charge in [-0.1, -0.05) is 63.8 Å². The summed E-state index contributed by atoms with van der Waals surface area (Å²) < 4.78 is 5.63. The quantitative estimate of drug-likeness (QED) is 0.313. The van der Waals surface area contributed by atoms with Gasteiger partial charge in [-0.05, 0) is 49.5 Å². The van der Waals surface area contributed by atoms with E-state index in [4.69, 9.17) is 4.74 Å². The minimum Gasteiger partial charge on any atom is -0.490 e. The molecule has 1 aliphatic carbocycles. The lowest BCUT2D eigenvalue weighted by atomic mass is 9.77. The van der Waals surface area contributed by atoms with Crippen molar-refractivity contribution in [2.45, 2.75) is 84.0 Å². The molecule has 0 saturated heterocycles. The van der Waals surface area contributed by atoms with Crippen molar-refractivity contribution in [3.05, 3.63) is 53.6 Å². The van der Waals surface area contributed by atoms with Crippen LogP contribution in [0.4, 0.5) is 0 Å². The number of hydrogen-bond acceptors (Lipinski definition) is 4. The lowest BCUT2D eigenvalue weighted by Crippen LogP contribution is -2.13. The van der Waals surface area contributed by atoms with Crippen LogP contribution >= 0.6 is 0 Å². The fourth-order valence-electron chi connectivity index (χ4n) is 4.43. The van der Waals surface area contributed by atoms with E-state index < -0.39 is 0 Å². The van der Waals surface area contributed by atoms with E-state index >= 15 is 0 Å². The number of carbonyl (C=O) groups is 1. The average Bonchev–Trinajstić information content (AvgIpc) is 2.79. The van der Waals surface area contributed by atoms with Crippen LogP contribution in [-0.2, 0) is 6.42 Å². The third-order valence-corrected chi connectivity index (χ3v) is 6.26. The van der Waals surface area contributed by atoms with Crippen molar-refractivity contribution in [2.24, 2.45) is 5.92 Å². The van der Waals surface area contributed by atoms with Gasteiger partial charge in [-0.3, -0.25) is 4.79 Å². The first-order valence-electron chi connectivity index (χ1n) is 11.8. The number of carbonyl (C=O) groups excluding carboxylic acids is 1. The predicted octanol–water partition coefficient (Wildman–Crippen LogP) is 6.54. The molecule has 1 heterocycles. The average molecular weight is 409 g/mol. The van der Waals surface area contributed by atoms with Crippen LogP contribution < -0.4 is 4.74 Å². The van der Waals surface area contributed by atoms with Crippen molar-refractivity contribution in [3.63, 3.8) is 0 Å². The summed E-state index contributed by atoms with van der Waals surface area (Å²) >= 11 is 0. The van der Waals surface area contributed by atoms with Gasteiger partial charge in [-0.25, -0.2) is 9.97 Å². The van der Waals surface area contributed by atoms with Crippen LogP contribution in [0, 0.1) is 5.92 Å². The second-order valence-electron chi connectivity index (χ2n) is 8.62. The normalized spacial score (nSPS) is 18.9. The molecule has 2 aromatic rings. The van der Waals surface area contributed by atoms with Crippen molar-refractivity contribution >= 4 is 5.78 Å². The minimum atomic E-state index is 0.0600. The zero-order chi connectivity index (χ0) is 21.2. The molecule has 0 spiro atoms. The predicted molar refractivity (Wildman–Crippen MR) is 121 cm³/mol. The SMILES string of the molecule is CCCCCOc1cnc(CC(=O)c2ccc(C3CCC(CCC)CC3)cc2)nc1. The van der Waals surface area contributed by atoms with E-state index in [1.807, 2.05) is 12.1 Å². The first-order valence-corrected chi connectivity index (χ1v) is 11.8. The molecule has 0 aliphatic heterocycles. The van der Waals surface area contributed by atoms with Crippen molar-refractivity contribution < 1.29 is 9.53 Å². The Labute approximate surface area is 181 Å². The molecule has 1 aromatic carbocycles. The summed E-state index contributed by atoms with van der Waals surface area (Å²) in [5.74, 6) is 2.83. The van der Waals surface area contributed by atoms with Crippen molar-refractivity contribution in [2.75, 3.05) is 6.61 Å². The van der Waals surface area contributed by atoms with E-state index in [1.54, 1.807) is 12.4 Å². The number of aromatic nitrogens is 2. The Balaban J connectivity index is 1.49. The number of benzene rings is 1. The van der Waals surface area contributed by atoms with E-state index in [-0.39, 0.29) is 12.2 Å². The molecule has 162 valence electrons. The van der Waals surface area contributed by atoms with Gasteiger partial charge in [0.25, 0.3) is 0 Å². The number of ether oxygens (including phenoxy) is 1. The third-order valence-electron chi connectivity index (χ3n) is 6.26. The summed E-state index contributed by atoms with van der Waals surface area (Å²) in [6, 6.07) is 8.24. The second kappa shape index (κ2) is 11.8. The molecule has 1 aromatic heterocycles. The van der Waals surface area contributed by atoms with Crippen LogP contribution in [0.2, 0.25) is 0 Å². The summed E-state index contributed by atoms with van der Waals surface area (Å²) in [4.78, 5) is 21.2. The maximum atomic E-state index is 12.6. The second-order valence-corrected chi connectivity index (χ2v) is 8.62. The third kappa shape index (κ3) is 6.65. The van der Waals surface area contributed by atoms with Gasteiger partial charge in [-0.15, -0.1) is 0 Å². The Morgan fingerprint density at radius 3 is 2.30 bits per heavy atom. The van der Waals surface area contributed by atoms with E-state index in [1.165, 1.54) is 50.5 Å². The molecule has 3 rings (SSSR count). The van der Waals surface area contributed by atoms with Crippen LogP contribution in [0.5, 0.6) is 5.75 Å². The molecule has 0 radical (unpaired) electrons. The summed E-state index contributed by atoms with van der Waals surface area (Å²) in [5, 5.41) is 0. The van der Waals surface area contributed by atoms with Crippen molar-refractivity contribution in [3.8, 4) is 5.75 Å². The van der Waals surface area contributed by atoms with Gasteiger partial charge in [0.1, 0.15) is 5.82 Å². The smallest absolute Gasteiger partial charge is 0.170 e. The lowest BCUT2D eigenvalue weighted by Gasteiger charge is -2.28. The Morgan fingerprint density at radius 1 is 0.967 bits per heavy atom. The van der Waals surface area contributed by atoms with Crippen molar-refractivity contribution in [1.82, 2.24) is 9.97 Å². The van der Waals surface area contributed by atoms with Gasteiger partial charge < -0.3 is 4.74 Å². The molecule has 4 heteroatoms. The summed E-state index contributed by atoms with van der Waals surface area (Å²) in [7, 11) is 0. The molecule has 0 amide bonds. The Hall–Kier alpha value is -2.23. The molecule has 30 heavy (non-hydrogen) atoms. The maximum absolute atomic E-state index is 12.6. The Bertz CT molecular complexity index is 763. The van der Waals surface area contributed by atoms with Crippen LogP contribution in [0.25, 0.3) is 0 Å². The first-order chi connectivity index (χ1) is 14.7. The van der Waals surface area contributed by atoms with Gasteiger partial charge in [0.2, 0.25) is 0 Å². The van der Waals surface area contributed by atoms with Gasteiger partial charge in [-0.2, -0.15) is 0 Å². The molecule has 1 aliphatic rings. The number of Topliss-reactive ketones (excluding diaryl/α,β-unsaturated/α-hetero) is 1. The van der Waals surface area contributed by atoms with Gasteiger partial charge >= 0.3 is 0 Å². The first kappa shape index (κ1) is 22.5. The number of rotatable bonds is 11. The molecule has 0 atom stereocenters. The highest BCUT2D eigenvalue weighted by Gasteiger charge is 2.22. The molecule has 1 fully saturated rings. The molecular weight excluding hydrogens is 372 g/mol. The monoisotopic (exact) mass is 408 g/mol. The fraction of sp³-hybridized carbons (Fsp3) is 0.577. The molecular formula is C26H36N2O2.